The Morgan fingerprint density at radius 1 is 1.30 bits per heavy atom. The van der Waals surface area contributed by atoms with Crippen molar-refractivity contribution in [3.8, 4) is 17.3 Å². The van der Waals surface area contributed by atoms with Crippen molar-refractivity contribution in [2.45, 2.75) is 0 Å². The second kappa shape index (κ2) is 5.43. The molecule has 0 aliphatic rings. The number of ether oxygens (including phenoxy) is 1. The Hall–Kier alpha value is -2.83. The van der Waals surface area contributed by atoms with Crippen LogP contribution in [0.25, 0.3) is 5.69 Å². The number of nitrogens with one attached hydrogen (secondary N) is 1. The average Bonchev–Trinajstić information content (AvgIpc) is 2.44. The fourth-order valence-electron chi connectivity index (χ4n) is 1.75. The standard InChI is InChI=1S/C13H13N3O4/c1-14-7-10-11(17)15-13(19)16(12(10)18)8-3-5-9(20-2)6-4-8/h3-7,18H,1-2H3,(H,15,17,19). The molecule has 0 unspecified atom stereocenters. The van der Waals surface area contributed by atoms with Crippen LogP contribution in [0.4, 0.5) is 0 Å². The monoisotopic (exact) mass is 275 g/mol. The summed E-state index contributed by atoms with van der Waals surface area (Å²) in [4.78, 5) is 29.2. The molecule has 0 aliphatic heterocycles. The quantitative estimate of drug-likeness (QED) is 0.787. The first-order chi connectivity index (χ1) is 9.58. The topological polar surface area (TPSA) is 96.7 Å². The lowest BCUT2D eigenvalue weighted by molar-refractivity contribution is 0.414. The lowest BCUT2D eigenvalue weighted by Crippen LogP contribution is -2.31. The van der Waals surface area contributed by atoms with E-state index >= 15 is 0 Å². The van der Waals surface area contributed by atoms with Crippen LogP contribution in [-0.4, -0.2) is 35.0 Å². The first-order valence-electron chi connectivity index (χ1n) is 5.73. The highest BCUT2D eigenvalue weighted by molar-refractivity contribution is 5.82. The molecule has 0 fully saturated rings. The number of hydrogen-bond donors (Lipinski definition) is 2. The van der Waals surface area contributed by atoms with Gasteiger partial charge in [-0.05, 0) is 24.3 Å². The summed E-state index contributed by atoms with van der Waals surface area (Å²) in [5.41, 5.74) is -1.10. The van der Waals surface area contributed by atoms with Crippen molar-refractivity contribution in [2.75, 3.05) is 14.2 Å². The molecule has 0 radical (unpaired) electrons. The number of benzene rings is 1. The molecule has 2 aromatic rings. The van der Waals surface area contributed by atoms with Crippen LogP contribution in [0.1, 0.15) is 5.56 Å². The third-order valence-corrected chi connectivity index (χ3v) is 2.71. The molecule has 7 heteroatoms. The molecule has 104 valence electrons. The summed E-state index contributed by atoms with van der Waals surface area (Å²) >= 11 is 0. The Balaban J connectivity index is 2.70. The average molecular weight is 275 g/mol. The lowest BCUT2D eigenvalue weighted by atomic mass is 10.2. The smallest absolute Gasteiger partial charge is 0.335 e. The van der Waals surface area contributed by atoms with Crippen molar-refractivity contribution >= 4 is 6.21 Å². The fraction of sp³-hybridized carbons (Fsp3) is 0.154. The Bertz CT molecular complexity index is 757. The molecule has 0 spiro atoms. The molecule has 1 heterocycles. The summed E-state index contributed by atoms with van der Waals surface area (Å²) in [6.45, 7) is 0. The molecule has 2 N–H and O–H groups in total. The fourth-order valence-corrected chi connectivity index (χ4v) is 1.75. The molecule has 0 saturated carbocycles. The molecular formula is C13H13N3O4. The molecule has 7 nitrogen and oxygen atoms in total. The van der Waals surface area contributed by atoms with E-state index in [1.807, 2.05) is 0 Å². The second-order valence-electron chi connectivity index (χ2n) is 3.92. The maximum Gasteiger partial charge on any atom is 0.335 e. The Kier molecular flexibility index (Phi) is 3.69. The number of methoxy groups -OCH3 is 1. The number of aliphatic imine (C=N–C) groups is 1. The van der Waals surface area contributed by atoms with Gasteiger partial charge in [-0.25, -0.2) is 9.36 Å². The number of H-pyrrole nitrogens is 1. The molecule has 0 amide bonds. The van der Waals surface area contributed by atoms with Gasteiger partial charge in [0.2, 0.25) is 5.88 Å². The van der Waals surface area contributed by atoms with Crippen LogP contribution in [0.15, 0.2) is 38.8 Å². The van der Waals surface area contributed by atoms with E-state index in [2.05, 4.69) is 9.98 Å². The van der Waals surface area contributed by atoms with Gasteiger partial charge in [0.1, 0.15) is 11.3 Å². The van der Waals surface area contributed by atoms with Crippen LogP contribution in [0.5, 0.6) is 11.6 Å². The predicted octanol–water partition coefficient (Wildman–Crippen LogP) is 0.289. The second-order valence-corrected chi connectivity index (χ2v) is 3.92. The summed E-state index contributed by atoms with van der Waals surface area (Å²) < 4.78 is 6.00. The molecule has 0 aliphatic carbocycles. The molecular weight excluding hydrogens is 262 g/mol. The van der Waals surface area contributed by atoms with Gasteiger partial charge in [0, 0.05) is 13.3 Å². The summed E-state index contributed by atoms with van der Waals surface area (Å²) in [5.74, 6) is 0.149. The zero-order valence-corrected chi connectivity index (χ0v) is 11.0. The highest BCUT2D eigenvalue weighted by Gasteiger charge is 2.13. The number of rotatable bonds is 3. The van der Waals surface area contributed by atoms with E-state index in [1.54, 1.807) is 24.3 Å². The highest BCUT2D eigenvalue weighted by Crippen LogP contribution is 2.18. The van der Waals surface area contributed by atoms with Crippen LogP contribution >= 0.6 is 0 Å². The third kappa shape index (κ3) is 2.33. The molecule has 0 bridgehead atoms. The summed E-state index contributed by atoms with van der Waals surface area (Å²) in [6, 6.07) is 6.45. The SMILES string of the molecule is CN=Cc1c(O)n(-c2ccc(OC)cc2)c(=O)[nH]c1=O. The minimum absolute atomic E-state index is 0.0806. The maximum absolute atomic E-state index is 11.8. The van der Waals surface area contributed by atoms with Crippen LogP contribution in [-0.2, 0) is 0 Å². The van der Waals surface area contributed by atoms with Crippen molar-refractivity contribution in [2.24, 2.45) is 4.99 Å². The normalized spacial score (nSPS) is 10.9. The van der Waals surface area contributed by atoms with Gasteiger partial charge in [-0.3, -0.25) is 14.8 Å². The van der Waals surface area contributed by atoms with E-state index in [0.717, 1.165) is 4.57 Å². The summed E-state index contributed by atoms with van der Waals surface area (Å²) in [7, 11) is 2.98. The van der Waals surface area contributed by atoms with E-state index < -0.39 is 17.1 Å². The van der Waals surface area contributed by atoms with E-state index in [9.17, 15) is 14.7 Å². The van der Waals surface area contributed by atoms with Crippen molar-refractivity contribution in [1.82, 2.24) is 9.55 Å². The lowest BCUT2D eigenvalue weighted by Gasteiger charge is -2.10. The first-order valence-corrected chi connectivity index (χ1v) is 5.73. The highest BCUT2D eigenvalue weighted by atomic mass is 16.5. The van der Waals surface area contributed by atoms with Crippen LogP contribution in [0, 0.1) is 0 Å². The van der Waals surface area contributed by atoms with E-state index in [-0.39, 0.29) is 5.56 Å². The third-order valence-electron chi connectivity index (χ3n) is 2.71. The van der Waals surface area contributed by atoms with Crippen molar-refractivity contribution < 1.29 is 9.84 Å². The van der Waals surface area contributed by atoms with Crippen LogP contribution in [0.3, 0.4) is 0 Å². The van der Waals surface area contributed by atoms with Gasteiger partial charge in [-0.15, -0.1) is 0 Å². The Morgan fingerprint density at radius 3 is 2.50 bits per heavy atom. The van der Waals surface area contributed by atoms with E-state index in [0.29, 0.717) is 11.4 Å². The first kappa shape index (κ1) is 13.6. The van der Waals surface area contributed by atoms with Crippen LogP contribution < -0.4 is 16.0 Å². The largest absolute Gasteiger partial charge is 0.497 e. The zero-order chi connectivity index (χ0) is 14.7. The van der Waals surface area contributed by atoms with Gasteiger partial charge < -0.3 is 9.84 Å². The molecule has 20 heavy (non-hydrogen) atoms. The van der Waals surface area contributed by atoms with Gasteiger partial charge in [-0.2, -0.15) is 0 Å². The maximum atomic E-state index is 11.8. The van der Waals surface area contributed by atoms with Crippen molar-refractivity contribution in [3.05, 3.63) is 50.7 Å². The van der Waals surface area contributed by atoms with Gasteiger partial charge in [0.05, 0.1) is 12.8 Å². The zero-order valence-electron chi connectivity index (χ0n) is 11.0. The molecule has 2 rings (SSSR count). The Morgan fingerprint density at radius 2 is 1.95 bits per heavy atom. The molecule has 0 atom stereocenters. The number of nitrogens with zero attached hydrogens (tertiary/aromatic N) is 2. The van der Waals surface area contributed by atoms with Gasteiger partial charge >= 0.3 is 5.69 Å². The predicted molar refractivity (Wildman–Crippen MR) is 74.4 cm³/mol. The molecule has 1 aromatic heterocycles. The number of aromatic nitrogens is 2. The minimum atomic E-state index is -0.731. The minimum Gasteiger partial charge on any atom is -0.497 e. The van der Waals surface area contributed by atoms with Gasteiger partial charge in [0.15, 0.2) is 0 Å². The molecule has 0 saturated heterocycles. The van der Waals surface area contributed by atoms with Gasteiger partial charge in [0.25, 0.3) is 5.56 Å². The van der Waals surface area contributed by atoms with E-state index in [4.69, 9.17) is 4.74 Å². The number of aromatic amines is 1. The van der Waals surface area contributed by atoms with Crippen molar-refractivity contribution in [1.29, 1.82) is 0 Å². The molecule has 1 aromatic carbocycles. The Labute approximate surface area is 113 Å². The summed E-state index contributed by atoms with van der Waals surface area (Å²) in [5, 5.41) is 10.1. The van der Waals surface area contributed by atoms with Crippen LogP contribution in [0.2, 0.25) is 0 Å². The number of aromatic hydroxyl groups is 1. The van der Waals surface area contributed by atoms with Gasteiger partial charge in [-0.1, -0.05) is 0 Å². The summed E-state index contributed by atoms with van der Waals surface area (Å²) in [6.07, 6.45) is 1.19. The van der Waals surface area contributed by atoms with Crippen molar-refractivity contribution in [3.63, 3.8) is 0 Å². The number of hydrogen-bond acceptors (Lipinski definition) is 5. The van der Waals surface area contributed by atoms with E-state index in [1.165, 1.54) is 20.4 Å².